The van der Waals surface area contributed by atoms with Crippen LogP contribution in [0.4, 0.5) is 0 Å². The summed E-state index contributed by atoms with van der Waals surface area (Å²) in [6.45, 7) is 8.09. The number of rotatable bonds is 6. The lowest BCUT2D eigenvalue weighted by atomic mass is 10.00. The molecule has 0 bridgehead atoms. The molecule has 0 aliphatic heterocycles. The van der Waals surface area contributed by atoms with E-state index >= 15 is 0 Å². The number of carbonyl (C=O) groups is 2. The SMILES string of the molecule is CCC(C)(N)C(=O)NCC(=O)NCC(C)C. The average Bonchev–Trinajstić information content (AvgIpc) is 2.22. The number of carbonyl (C=O) groups excluding carboxylic acids is 2. The molecule has 5 heteroatoms. The van der Waals surface area contributed by atoms with Gasteiger partial charge in [-0.25, -0.2) is 0 Å². The molecule has 0 saturated carbocycles. The van der Waals surface area contributed by atoms with Gasteiger partial charge in [0.2, 0.25) is 11.8 Å². The topological polar surface area (TPSA) is 84.2 Å². The van der Waals surface area contributed by atoms with Crippen molar-refractivity contribution in [2.24, 2.45) is 11.7 Å². The molecule has 1 unspecified atom stereocenters. The third-order valence-corrected chi connectivity index (χ3v) is 2.37. The molecule has 94 valence electrons. The highest BCUT2D eigenvalue weighted by Crippen LogP contribution is 2.03. The van der Waals surface area contributed by atoms with Crippen molar-refractivity contribution in [1.29, 1.82) is 0 Å². The van der Waals surface area contributed by atoms with Crippen LogP contribution in [-0.2, 0) is 9.59 Å². The van der Waals surface area contributed by atoms with Crippen LogP contribution in [0.25, 0.3) is 0 Å². The molecule has 0 fully saturated rings. The molecule has 0 radical (unpaired) electrons. The van der Waals surface area contributed by atoms with Gasteiger partial charge < -0.3 is 16.4 Å². The molecular weight excluding hydrogens is 206 g/mol. The number of nitrogens with two attached hydrogens (primary N) is 1. The van der Waals surface area contributed by atoms with Gasteiger partial charge in [-0.3, -0.25) is 9.59 Å². The number of hydrogen-bond acceptors (Lipinski definition) is 3. The minimum Gasteiger partial charge on any atom is -0.354 e. The van der Waals surface area contributed by atoms with E-state index in [0.29, 0.717) is 18.9 Å². The van der Waals surface area contributed by atoms with Gasteiger partial charge in [-0.1, -0.05) is 20.8 Å². The summed E-state index contributed by atoms with van der Waals surface area (Å²) in [4.78, 5) is 22.8. The van der Waals surface area contributed by atoms with Crippen molar-refractivity contribution in [2.75, 3.05) is 13.1 Å². The summed E-state index contributed by atoms with van der Waals surface area (Å²) in [6, 6.07) is 0. The molecule has 0 aliphatic carbocycles. The Balaban J connectivity index is 3.89. The molecule has 4 N–H and O–H groups in total. The van der Waals surface area contributed by atoms with Crippen molar-refractivity contribution in [3.8, 4) is 0 Å². The van der Waals surface area contributed by atoms with E-state index in [-0.39, 0.29) is 18.4 Å². The lowest BCUT2D eigenvalue weighted by Crippen LogP contribution is -2.53. The first-order chi connectivity index (χ1) is 7.29. The van der Waals surface area contributed by atoms with E-state index in [4.69, 9.17) is 5.73 Å². The van der Waals surface area contributed by atoms with Crippen LogP contribution in [0, 0.1) is 5.92 Å². The Kier molecular flexibility index (Phi) is 6.03. The third kappa shape index (κ3) is 5.70. The summed E-state index contributed by atoms with van der Waals surface area (Å²) in [5.41, 5.74) is 4.82. The second-order valence-electron chi connectivity index (χ2n) is 4.65. The molecule has 0 spiro atoms. The van der Waals surface area contributed by atoms with Crippen LogP contribution >= 0.6 is 0 Å². The van der Waals surface area contributed by atoms with Gasteiger partial charge in [0.15, 0.2) is 0 Å². The monoisotopic (exact) mass is 229 g/mol. The highest BCUT2D eigenvalue weighted by atomic mass is 16.2. The van der Waals surface area contributed by atoms with Crippen LogP contribution in [-0.4, -0.2) is 30.4 Å². The number of amides is 2. The normalized spacial score (nSPS) is 14.4. The van der Waals surface area contributed by atoms with E-state index in [0.717, 1.165) is 0 Å². The first-order valence-corrected chi connectivity index (χ1v) is 5.63. The Morgan fingerprint density at radius 2 is 1.88 bits per heavy atom. The van der Waals surface area contributed by atoms with E-state index in [2.05, 4.69) is 10.6 Å². The minimum absolute atomic E-state index is 0.0155. The van der Waals surface area contributed by atoms with Gasteiger partial charge in [0, 0.05) is 6.54 Å². The van der Waals surface area contributed by atoms with Crippen molar-refractivity contribution in [1.82, 2.24) is 10.6 Å². The maximum absolute atomic E-state index is 11.5. The Morgan fingerprint density at radius 1 is 1.31 bits per heavy atom. The largest absolute Gasteiger partial charge is 0.354 e. The molecule has 0 saturated heterocycles. The highest BCUT2D eigenvalue weighted by molar-refractivity contribution is 5.89. The molecule has 1 atom stereocenters. The van der Waals surface area contributed by atoms with Gasteiger partial charge >= 0.3 is 0 Å². The molecule has 5 nitrogen and oxygen atoms in total. The van der Waals surface area contributed by atoms with Crippen LogP contribution in [0.1, 0.15) is 34.1 Å². The molecular formula is C11H23N3O2. The van der Waals surface area contributed by atoms with Gasteiger partial charge in [0.1, 0.15) is 0 Å². The zero-order chi connectivity index (χ0) is 12.8. The van der Waals surface area contributed by atoms with E-state index in [1.807, 2.05) is 20.8 Å². The lowest BCUT2D eigenvalue weighted by molar-refractivity contribution is -0.129. The zero-order valence-electron chi connectivity index (χ0n) is 10.6. The smallest absolute Gasteiger partial charge is 0.240 e. The van der Waals surface area contributed by atoms with Gasteiger partial charge in [0.05, 0.1) is 12.1 Å². The zero-order valence-corrected chi connectivity index (χ0v) is 10.6. The number of hydrogen-bond donors (Lipinski definition) is 3. The van der Waals surface area contributed by atoms with Crippen LogP contribution in [0.5, 0.6) is 0 Å². The van der Waals surface area contributed by atoms with Crippen molar-refractivity contribution < 1.29 is 9.59 Å². The molecule has 0 aromatic carbocycles. The van der Waals surface area contributed by atoms with Gasteiger partial charge in [-0.15, -0.1) is 0 Å². The Bertz CT molecular complexity index is 250. The molecule has 0 aliphatic rings. The van der Waals surface area contributed by atoms with Crippen LogP contribution in [0.2, 0.25) is 0 Å². The fourth-order valence-electron chi connectivity index (χ4n) is 0.903. The average molecular weight is 229 g/mol. The van der Waals surface area contributed by atoms with E-state index < -0.39 is 5.54 Å². The maximum Gasteiger partial charge on any atom is 0.240 e. The van der Waals surface area contributed by atoms with Crippen LogP contribution in [0.3, 0.4) is 0 Å². The predicted molar refractivity (Wildman–Crippen MR) is 63.7 cm³/mol. The predicted octanol–water partition coefficient (Wildman–Crippen LogP) is 0.00220. The first-order valence-electron chi connectivity index (χ1n) is 5.63. The van der Waals surface area contributed by atoms with Gasteiger partial charge in [0.25, 0.3) is 0 Å². The Morgan fingerprint density at radius 3 is 2.31 bits per heavy atom. The van der Waals surface area contributed by atoms with E-state index in [1.165, 1.54) is 0 Å². The van der Waals surface area contributed by atoms with Crippen molar-refractivity contribution >= 4 is 11.8 Å². The molecule has 0 rings (SSSR count). The van der Waals surface area contributed by atoms with Crippen LogP contribution < -0.4 is 16.4 Å². The molecule has 0 aromatic rings. The van der Waals surface area contributed by atoms with Crippen molar-refractivity contribution in [2.45, 2.75) is 39.7 Å². The van der Waals surface area contributed by atoms with Crippen molar-refractivity contribution in [3.05, 3.63) is 0 Å². The summed E-state index contributed by atoms with van der Waals surface area (Å²) in [5.74, 6) is -0.0845. The van der Waals surface area contributed by atoms with Crippen molar-refractivity contribution in [3.63, 3.8) is 0 Å². The lowest BCUT2D eigenvalue weighted by Gasteiger charge is -2.21. The summed E-state index contributed by atoms with van der Waals surface area (Å²) in [5, 5.41) is 5.23. The highest BCUT2D eigenvalue weighted by Gasteiger charge is 2.25. The van der Waals surface area contributed by atoms with Gasteiger partial charge in [-0.2, -0.15) is 0 Å². The number of nitrogens with one attached hydrogen (secondary N) is 2. The first kappa shape index (κ1) is 14.9. The molecule has 2 amide bonds. The third-order valence-electron chi connectivity index (χ3n) is 2.37. The molecule has 0 heterocycles. The Labute approximate surface area is 97.2 Å². The summed E-state index contributed by atoms with van der Waals surface area (Å²) in [7, 11) is 0. The second kappa shape index (κ2) is 6.48. The quantitative estimate of drug-likeness (QED) is 0.599. The fraction of sp³-hybridized carbons (Fsp3) is 0.818. The van der Waals surface area contributed by atoms with E-state index in [1.54, 1.807) is 6.92 Å². The fourth-order valence-corrected chi connectivity index (χ4v) is 0.903. The van der Waals surface area contributed by atoms with Gasteiger partial charge in [-0.05, 0) is 19.3 Å². The summed E-state index contributed by atoms with van der Waals surface area (Å²) >= 11 is 0. The summed E-state index contributed by atoms with van der Waals surface area (Å²) < 4.78 is 0. The Hall–Kier alpha value is -1.10. The molecule has 16 heavy (non-hydrogen) atoms. The maximum atomic E-state index is 11.5. The standard InChI is InChI=1S/C11H23N3O2/c1-5-11(4,12)10(16)14-7-9(15)13-6-8(2)3/h8H,5-7,12H2,1-4H3,(H,13,15)(H,14,16). The second-order valence-corrected chi connectivity index (χ2v) is 4.65. The van der Waals surface area contributed by atoms with Crippen LogP contribution in [0.15, 0.2) is 0 Å². The minimum atomic E-state index is -0.904. The molecule has 0 aromatic heterocycles. The van der Waals surface area contributed by atoms with E-state index in [9.17, 15) is 9.59 Å². The summed E-state index contributed by atoms with van der Waals surface area (Å²) in [6.07, 6.45) is 0.534.